The fraction of sp³-hybridized carbons (Fsp3) is 0.462. The third-order valence-corrected chi connectivity index (χ3v) is 2.74. The lowest BCUT2D eigenvalue weighted by Crippen LogP contribution is -2.49. The number of carbonyl (C=O) groups is 1. The number of hydrogen-bond acceptors (Lipinski definition) is 7. The van der Waals surface area contributed by atoms with E-state index in [9.17, 15) is 20.1 Å². The van der Waals surface area contributed by atoms with Crippen LogP contribution in [0.5, 0.6) is 0 Å². The SMILES string of the molecule is O=C(O[C@H]([C@H](O)[C@H](O)CO)[C@@H](O)CO)c1ccccc1. The van der Waals surface area contributed by atoms with Gasteiger partial charge < -0.3 is 30.3 Å². The predicted molar refractivity (Wildman–Crippen MR) is 67.8 cm³/mol. The van der Waals surface area contributed by atoms with Crippen LogP contribution in [0.15, 0.2) is 30.3 Å². The van der Waals surface area contributed by atoms with Gasteiger partial charge in [0.15, 0.2) is 6.10 Å². The maximum atomic E-state index is 11.8. The van der Waals surface area contributed by atoms with Gasteiger partial charge in [-0.3, -0.25) is 0 Å². The first-order valence-corrected chi connectivity index (χ1v) is 6.03. The molecule has 0 heterocycles. The molecule has 0 bridgehead atoms. The van der Waals surface area contributed by atoms with Gasteiger partial charge in [0.25, 0.3) is 0 Å². The second kappa shape index (κ2) is 7.93. The molecule has 0 saturated heterocycles. The molecule has 0 fully saturated rings. The Labute approximate surface area is 115 Å². The molecular formula is C13H18O7. The zero-order valence-corrected chi connectivity index (χ0v) is 10.7. The molecule has 0 saturated carbocycles. The van der Waals surface area contributed by atoms with Crippen LogP contribution in [-0.4, -0.2) is 69.1 Å². The van der Waals surface area contributed by atoms with Crippen molar-refractivity contribution >= 4 is 5.97 Å². The third kappa shape index (κ3) is 4.26. The highest BCUT2D eigenvalue weighted by molar-refractivity contribution is 5.89. The summed E-state index contributed by atoms with van der Waals surface area (Å²) in [5, 5.41) is 46.3. The van der Waals surface area contributed by atoms with Crippen LogP contribution in [0.3, 0.4) is 0 Å². The molecule has 0 aromatic heterocycles. The van der Waals surface area contributed by atoms with Crippen LogP contribution in [-0.2, 0) is 4.74 Å². The van der Waals surface area contributed by atoms with Crippen molar-refractivity contribution in [3.8, 4) is 0 Å². The first-order valence-electron chi connectivity index (χ1n) is 6.03. The summed E-state index contributed by atoms with van der Waals surface area (Å²) in [6, 6.07) is 7.85. The molecular weight excluding hydrogens is 268 g/mol. The van der Waals surface area contributed by atoms with Gasteiger partial charge in [-0.15, -0.1) is 0 Å². The lowest BCUT2D eigenvalue weighted by atomic mass is 10.0. The van der Waals surface area contributed by atoms with Crippen molar-refractivity contribution in [1.29, 1.82) is 0 Å². The highest BCUT2D eigenvalue weighted by Gasteiger charge is 2.35. The minimum Gasteiger partial charge on any atom is -0.453 e. The van der Waals surface area contributed by atoms with E-state index in [0.717, 1.165) is 0 Å². The number of hydrogen-bond donors (Lipinski definition) is 5. The van der Waals surface area contributed by atoms with Crippen molar-refractivity contribution in [2.75, 3.05) is 13.2 Å². The van der Waals surface area contributed by atoms with Crippen molar-refractivity contribution in [2.24, 2.45) is 0 Å². The summed E-state index contributed by atoms with van der Waals surface area (Å²) in [4.78, 5) is 11.8. The Hall–Kier alpha value is -1.51. The Morgan fingerprint density at radius 2 is 1.55 bits per heavy atom. The summed E-state index contributed by atoms with van der Waals surface area (Å²) >= 11 is 0. The Kier molecular flexibility index (Phi) is 6.56. The molecule has 7 nitrogen and oxygen atoms in total. The molecule has 0 radical (unpaired) electrons. The van der Waals surface area contributed by atoms with Crippen LogP contribution in [0.2, 0.25) is 0 Å². The number of aliphatic hydroxyl groups excluding tert-OH is 5. The molecule has 1 aromatic carbocycles. The molecule has 112 valence electrons. The van der Waals surface area contributed by atoms with Crippen molar-refractivity contribution in [3.63, 3.8) is 0 Å². The molecule has 0 aliphatic heterocycles. The summed E-state index contributed by atoms with van der Waals surface area (Å²) in [5.41, 5.74) is 0.188. The fourth-order valence-electron chi connectivity index (χ4n) is 1.57. The maximum absolute atomic E-state index is 11.8. The van der Waals surface area contributed by atoms with Crippen molar-refractivity contribution in [2.45, 2.75) is 24.4 Å². The molecule has 20 heavy (non-hydrogen) atoms. The van der Waals surface area contributed by atoms with E-state index in [2.05, 4.69) is 0 Å². The first kappa shape index (κ1) is 16.5. The zero-order valence-electron chi connectivity index (χ0n) is 10.7. The summed E-state index contributed by atoms with van der Waals surface area (Å²) in [5.74, 6) is -0.827. The minimum absolute atomic E-state index is 0.188. The second-order valence-corrected chi connectivity index (χ2v) is 4.23. The van der Waals surface area contributed by atoms with Gasteiger partial charge in [0.2, 0.25) is 0 Å². The van der Waals surface area contributed by atoms with Gasteiger partial charge in [-0.1, -0.05) is 18.2 Å². The minimum atomic E-state index is -1.73. The highest BCUT2D eigenvalue weighted by Crippen LogP contribution is 2.13. The molecule has 1 aromatic rings. The van der Waals surface area contributed by atoms with E-state index in [-0.39, 0.29) is 5.56 Å². The molecule has 7 heteroatoms. The average molecular weight is 286 g/mol. The number of aliphatic hydroxyl groups is 5. The summed E-state index contributed by atoms with van der Waals surface area (Å²) in [6.07, 6.45) is -6.48. The summed E-state index contributed by atoms with van der Waals surface area (Å²) in [7, 11) is 0. The first-order chi connectivity index (χ1) is 9.51. The van der Waals surface area contributed by atoms with Crippen LogP contribution in [0.4, 0.5) is 0 Å². The predicted octanol–water partition coefficient (Wildman–Crippen LogP) is -1.72. The van der Waals surface area contributed by atoms with Gasteiger partial charge in [-0.05, 0) is 12.1 Å². The normalized spacial score (nSPS) is 17.1. The van der Waals surface area contributed by atoms with Gasteiger partial charge in [0.05, 0.1) is 18.8 Å². The van der Waals surface area contributed by atoms with E-state index in [1.54, 1.807) is 18.2 Å². The number of ether oxygens (including phenoxy) is 1. The smallest absolute Gasteiger partial charge is 0.338 e. The second-order valence-electron chi connectivity index (χ2n) is 4.23. The zero-order chi connectivity index (χ0) is 15.1. The van der Waals surface area contributed by atoms with Crippen LogP contribution >= 0.6 is 0 Å². The molecule has 4 atom stereocenters. The molecule has 0 spiro atoms. The van der Waals surface area contributed by atoms with Gasteiger partial charge in [0, 0.05) is 0 Å². The van der Waals surface area contributed by atoms with Gasteiger partial charge in [-0.25, -0.2) is 4.79 Å². The Morgan fingerprint density at radius 1 is 1.00 bits per heavy atom. The molecule has 0 aliphatic carbocycles. The van der Waals surface area contributed by atoms with Gasteiger partial charge in [0.1, 0.15) is 18.3 Å². The molecule has 0 amide bonds. The number of carbonyl (C=O) groups excluding carboxylic acids is 1. The molecule has 1 rings (SSSR count). The van der Waals surface area contributed by atoms with Crippen LogP contribution in [0, 0.1) is 0 Å². The Bertz CT molecular complexity index is 408. The van der Waals surface area contributed by atoms with E-state index in [4.69, 9.17) is 14.9 Å². The van der Waals surface area contributed by atoms with Crippen LogP contribution < -0.4 is 0 Å². The van der Waals surface area contributed by atoms with E-state index < -0.39 is 43.6 Å². The molecule has 5 N–H and O–H groups in total. The van der Waals surface area contributed by atoms with Crippen LogP contribution in [0.1, 0.15) is 10.4 Å². The Morgan fingerprint density at radius 3 is 2.05 bits per heavy atom. The summed E-state index contributed by atoms with van der Waals surface area (Å²) in [6.45, 7) is -1.55. The van der Waals surface area contributed by atoms with E-state index in [0.29, 0.717) is 0 Å². The number of benzene rings is 1. The molecule has 0 aliphatic rings. The Balaban J connectivity index is 2.82. The standard InChI is InChI=1S/C13H18O7/c14-6-9(16)11(18)12(10(17)7-15)20-13(19)8-4-2-1-3-5-8/h1-5,9-12,14-18H,6-7H2/t9-,10+,11-,12+/m1/s1. The number of rotatable bonds is 7. The lowest BCUT2D eigenvalue weighted by Gasteiger charge is -2.28. The summed E-state index contributed by atoms with van der Waals surface area (Å²) < 4.78 is 4.90. The monoisotopic (exact) mass is 286 g/mol. The van der Waals surface area contributed by atoms with E-state index in [1.807, 2.05) is 0 Å². The fourth-order valence-corrected chi connectivity index (χ4v) is 1.57. The number of esters is 1. The topological polar surface area (TPSA) is 127 Å². The van der Waals surface area contributed by atoms with Crippen molar-refractivity contribution in [3.05, 3.63) is 35.9 Å². The maximum Gasteiger partial charge on any atom is 0.338 e. The van der Waals surface area contributed by atoms with E-state index >= 15 is 0 Å². The van der Waals surface area contributed by atoms with E-state index in [1.165, 1.54) is 12.1 Å². The largest absolute Gasteiger partial charge is 0.453 e. The molecule has 0 unspecified atom stereocenters. The quantitative estimate of drug-likeness (QED) is 0.377. The van der Waals surface area contributed by atoms with Gasteiger partial charge >= 0.3 is 5.97 Å². The average Bonchev–Trinajstić information content (AvgIpc) is 2.50. The third-order valence-electron chi connectivity index (χ3n) is 2.74. The highest BCUT2D eigenvalue weighted by atomic mass is 16.6. The van der Waals surface area contributed by atoms with Crippen molar-refractivity contribution < 1.29 is 35.1 Å². The van der Waals surface area contributed by atoms with Crippen molar-refractivity contribution in [1.82, 2.24) is 0 Å². The van der Waals surface area contributed by atoms with Crippen LogP contribution in [0.25, 0.3) is 0 Å². The lowest BCUT2D eigenvalue weighted by molar-refractivity contribution is -0.128. The van der Waals surface area contributed by atoms with Gasteiger partial charge in [-0.2, -0.15) is 0 Å².